The summed E-state index contributed by atoms with van der Waals surface area (Å²) in [5.74, 6) is 1.55. The minimum Gasteiger partial charge on any atom is -0.469 e. The highest BCUT2D eigenvalue weighted by Crippen LogP contribution is 2.29. The fourth-order valence-electron chi connectivity index (χ4n) is 3.52. The third-order valence-corrected chi connectivity index (χ3v) is 6.37. The molecular weight excluding hydrogens is 372 g/mol. The summed E-state index contributed by atoms with van der Waals surface area (Å²) in [7, 11) is 3.25. The Kier molecular flexibility index (Phi) is 10.4. The predicted molar refractivity (Wildman–Crippen MR) is 117 cm³/mol. The second kappa shape index (κ2) is 12.8. The summed E-state index contributed by atoms with van der Waals surface area (Å²) in [6.07, 6.45) is 5.94. The molecule has 1 saturated heterocycles. The lowest BCUT2D eigenvalue weighted by molar-refractivity contribution is -0.140. The van der Waals surface area contributed by atoms with Crippen LogP contribution in [0.3, 0.4) is 0 Å². The lowest BCUT2D eigenvalue weighted by Gasteiger charge is -2.36. The molecule has 1 fully saturated rings. The van der Waals surface area contributed by atoms with E-state index in [1.165, 1.54) is 24.8 Å². The molecule has 2 rings (SSSR count). The minimum absolute atomic E-state index is 0.128. The Morgan fingerprint density at radius 3 is 2.75 bits per heavy atom. The van der Waals surface area contributed by atoms with Gasteiger partial charge in [-0.25, -0.2) is 0 Å². The van der Waals surface area contributed by atoms with Crippen molar-refractivity contribution >= 4 is 23.3 Å². The molecular formula is C21H36N4O2S. The Hall–Kier alpha value is -1.60. The molecule has 0 amide bonds. The van der Waals surface area contributed by atoms with Gasteiger partial charge in [-0.2, -0.15) is 0 Å². The smallest absolute Gasteiger partial charge is 0.305 e. The van der Waals surface area contributed by atoms with Gasteiger partial charge in [-0.1, -0.05) is 19.4 Å². The van der Waals surface area contributed by atoms with Crippen molar-refractivity contribution in [3.05, 3.63) is 22.4 Å². The van der Waals surface area contributed by atoms with Crippen LogP contribution in [0.5, 0.6) is 0 Å². The SMILES string of the molecule is CN=C(NCCCCCC(=O)OC)NCC(c1cccs1)N1CCC(C)CC1. The molecule has 1 aliphatic heterocycles. The molecule has 0 spiro atoms. The minimum atomic E-state index is -0.128. The third-order valence-electron chi connectivity index (χ3n) is 5.39. The molecule has 1 unspecified atom stereocenters. The first-order chi connectivity index (χ1) is 13.6. The van der Waals surface area contributed by atoms with Gasteiger partial charge in [0.25, 0.3) is 0 Å². The van der Waals surface area contributed by atoms with Crippen molar-refractivity contribution in [2.24, 2.45) is 10.9 Å². The highest BCUT2D eigenvalue weighted by molar-refractivity contribution is 7.10. The number of rotatable bonds is 10. The van der Waals surface area contributed by atoms with E-state index in [-0.39, 0.29) is 5.97 Å². The van der Waals surface area contributed by atoms with Gasteiger partial charge >= 0.3 is 5.97 Å². The summed E-state index contributed by atoms with van der Waals surface area (Å²) < 4.78 is 4.67. The van der Waals surface area contributed by atoms with Crippen LogP contribution in [0.2, 0.25) is 0 Å². The van der Waals surface area contributed by atoms with Crippen molar-refractivity contribution in [1.82, 2.24) is 15.5 Å². The van der Waals surface area contributed by atoms with Crippen molar-refractivity contribution in [1.29, 1.82) is 0 Å². The molecule has 7 heteroatoms. The molecule has 2 N–H and O–H groups in total. The van der Waals surface area contributed by atoms with Crippen molar-refractivity contribution < 1.29 is 9.53 Å². The van der Waals surface area contributed by atoms with Gasteiger partial charge < -0.3 is 15.4 Å². The van der Waals surface area contributed by atoms with Crippen molar-refractivity contribution in [2.75, 3.05) is 40.3 Å². The molecule has 0 aliphatic carbocycles. The van der Waals surface area contributed by atoms with Crippen LogP contribution in [0.4, 0.5) is 0 Å². The van der Waals surface area contributed by atoms with E-state index in [1.54, 1.807) is 0 Å². The van der Waals surface area contributed by atoms with Gasteiger partial charge in [0.05, 0.1) is 13.2 Å². The zero-order valence-electron chi connectivity index (χ0n) is 17.6. The maximum absolute atomic E-state index is 11.1. The van der Waals surface area contributed by atoms with Gasteiger partial charge in [-0.15, -0.1) is 11.3 Å². The number of esters is 1. The molecule has 0 bridgehead atoms. The number of aliphatic imine (C=N–C) groups is 1. The number of piperidine rings is 1. The van der Waals surface area contributed by atoms with Crippen LogP contribution in [-0.4, -0.2) is 57.2 Å². The summed E-state index contributed by atoms with van der Waals surface area (Å²) >= 11 is 1.84. The van der Waals surface area contributed by atoms with Crippen LogP contribution in [0.25, 0.3) is 0 Å². The predicted octanol–water partition coefficient (Wildman–Crippen LogP) is 3.42. The second-order valence-electron chi connectivity index (χ2n) is 7.52. The molecule has 28 heavy (non-hydrogen) atoms. The maximum atomic E-state index is 11.1. The number of methoxy groups -OCH3 is 1. The topological polar surface area (TPSA) is 66.0 Å². The van der Waals surface area contributed by atoms with E-state index >= 15 is 0 Å². The van der Waals surface area contributed by atoms with Crippen LogP contribution in [-0.2, 0) is 9.53 Å². The first-order valence-electron chi connectivity index (χ1n) is 10.4. The van der Waals surface area contributed by atoms with Gasteiger partial charge in [0.1, 0.15) is 0 Å². The molecule has 1 aromatic rings. The lowest BCUT2D eigenvalue weighted by atomic mass is 9.97. The number of hydrogen-bond acceptors (Lipinski definition) is 5. The Balaban J connectivity index is 1.75. The number of nitrogens with zero attached hydrogens (tertiary/aromatic N) is 2. The maximum Gasteiger partial charge on any atom is 0.305 e. The largest absolute Gasteiger partial charge is 0.469 e. The van der Waals surface area contributed by atoms with E-state index in [2.05, 4.69) is 49.7 Å². The molecule has 1 aromatic heterocycles. The number of guanidine groups is 1. The number of thiophene rings is 1. The van der Waals surface area contributed by atoms with Crippen LogP contribution < -0.4 is 10.6 Å². The fourth-order valence-corrected chi connectivity index (χ4v) is 4.39. The summed E-state index contributed by atoms with van der Waals surface area (Å²) in [6.45, 7) is 6.39. The lowest BCUT2D eigenvalue weighted by Crippen LogP contribution is -2.45. The normalized spacial score (nSPS) is 17.3. The fraction of sp³-hybridized carbons (Fsp3) is 0.714. The van der Waals surface area contributed by atoms with E-state index in [0.29, 0.717) is 12.5 Å². The Morgan fingerprint density at radius 1 is 1.32 bits per heavy atom. The number of carbonyl (C=O) groups excluding carboxylic acids is 1. The number of nitrogens with one attached hydrogen (secondary N) is 2. The number of ether oxygens (including phenoxy) is 1. The monoisotopic (exact) mass is 408 g/mol. The first-order valence-corrected chi connectivity index (χ1v) is 11.3. The molecule has 2 heterocycles. The van der Waals surface area contributed by atoms with Crippen LogP contribution in [0.15, 0.2) is 22.5 Å². The Morgan fingerprint density at radius 2 is 2.11 bits per heavy atom. The summed E-state index contributed by atoms with van der Waals surface area (Å²) in [6, 6.07) is 4.78. The van der Waals surface area contributed by atoms with E-state index in [1.807, 2.05) is 18.4 Å². The Bertz CT molecular complexity index is 583. The highest BCUT2D eigenvalue weighted by Gasteiger charge is 2.25. The number of likely N-dealkylation sites (tertiary alicyclic amines) is 1. The standard InChI is InChI=1S/C21H36N4O2S/c1-17-10-13-25(14-11-17)18(19-8-7-15-28-19)16-24-21(22-2)23-12-6-4-5-9-20(26)27-3/h7-8,15,17-18H,4-6,9-14,16H2,1-3H3,(H2,22,23,24). The van der Waals surface area contributed by atoms with Crippen molar-refractivity contribution in [2.45, 2.75) is 51.5 Å². The van der Waals surface area contributed by atoms with Gasteiger partial charge in [0, 0.05) is 31.4 Å². The van der Waals surface area contributed by atoms with E-state index in [9.17, 15) is 4.79 Å². The van der Waals surface area contributed by atoms with Gasteiger partial charge in [0.2, 0.25) is 0 Å². The van der Waals surface area contributed by atoms with Crippen LogP contribution >= 0.6 is 11.3 Å². The number of hydrogen-bond donors (Lipinski definition) is 2. The third kappa shape index (κ3) is 7.80. The molecule has 0 radical (unpaired) electrons. The summed E-state index contributed by atoms with van der Waals surface area (Å²) in [5.41, 5.74) is 0. The van der Waals surface area contributed by atoms with E-state index < -0.39 is 0 Å². The average molecular weight is 409 g/mol. The van der Waals surface area contributed by atoms with E-state index in [0.717, 1.165) is 57.3 Å². The highest BCUT2D eigenvalue weighted by atomic mass is 32.1. The molecule has 0 aromatic carbocycles. The first kappa shape index (κ1) is 22.7. The van der Waals surface area contributed by atoms with E-state index in [4.69, 9.17) is 0 Å². The molecule has 0 saturated carbocycles. The summed E-state index contributed by atoms with van der Waals surface area (Å²) in [5, 5.41) is 9.07. The average Bonchev–Trinajstić information content (AvgIpc) is 3.24. The molecule has 158 valence electrons. The zero-order chi connectivity index (χ0) is 20.2. The van der Waals surface area contributed by atoms with Gasteiger partial charge in [0.15, 0.2) is 5.96 Å². The van der Waals surface area contributed by atoms with Crippen LogP contribution in [0, 0.1) is 5.92 Å². The van der Waals surface area contributed by atoms with Crippen LogP contribution in [0.1, 0.15) is 56.4 Å². The quantitative estimate of drug-likeness (QED) is 0.269. The Labute approximate surface area is 173 Å². The van der Waals surface area contributed by atoms with Gasteiger partial charge in [-0.05, 0) is 56.1 Å². The second-order valence-corrected chi connectivity index (χ2v) is 8.50. The van der Waals surface area contributed by atoms with Gasteiger partial charge in [-0.3, -0.25) is 14.7 Å². The number of carbonyl (C=O) groups is 1. The molecule has 6 nitrogen and oxygen atoms in total. The number of unbranched alkanes of at least 4 members (excludes halogenated alkanes) is 2. The zero-order valence-corrected chi connectivity index (χ0v) is 18.4. The van der Waals surface area contributed by atoms with Crippen molar-refractivity contribution in [3.8, 4) is 0 Å². The molecule has 1 aliphatic rings. The summed E-state index contributed by atoms with van der Waals surface area (Å²) in [4.78, 5) is 19.5. The molecule has 1 atom stereocenters. The van der Waals surface area contributed by atoms with Crippen molar-refractivity contribution in [3.63, 3.8) is 0 Å².